The molecule has 0 bridgehead atoms. The maximum Gasteiger partial charge on any atom is 0.300 e. The molecule has 0 saturated heterocycles. The summed E-state index contributed by atoms with van der Waals surface area (Å²) in [7, 11) is 0. The van der Waals surface area contributed by atoms with Crippen LogP contribution in [0.15, 0.2) is 16.8 Å². The van der Waals surface area contributed by atoms with Crippen LogP contribution >= 0.6 is 0 Å². The van der Waals surface area contributed by atoms with Gasteiger partial charge in [-0.3, -0.25) is 10.1 Å². The van der Waals surface area contributed by atoms with E-state index in [1.165, 1.54) is 6.07 Å². The lowest BCUT2D eigenvalue weighted by atomic mass is 9.91. The van der Waals surface area contributed by atoms with Gasteiger partial charge in [-0.25, -0.2) is 4.63 Å². The van der Waals surface area contributed by atoms with Gasteiger partial charge < -0.3 is 11.1 Å². The number of nitrogens with zero attached hydrogens (tertiary/aromatic N) is 3. The summed E-state index contributed by atoms with van der Waals surface area (Å²) < 4.78 is 4.64. The molecule has 1 heterocycles. The monoisotopic (exact) mass is 277 g/mol. The fraction of sp³-hybridized carbons (Fsp3) is 0.500. The molecule has 20 heavy (non-hydrogen) atoms. The number of non-ortho nitro benzene ring substituents is 1. The lowest BCUT2D eigenvalue weighted by Gasteiger charge is -2.27. The molecule has 1 fully saturated rings. The zero-order valence-corrected chi connectivity index (χ0v) is 10.8. The highest BCUT2D eigenvalue weighted by Crippen LogP contribution is 2.30. The van der Waals surface area contributed by atoms with Crippen molar-refractivity contribution >= 4 is 22.4 Å². The number of hydrogen-bond donors (Lipinski definition) is 2. The Balaban J connectivity index is 1.87. The molecule has 2 aromatic rings. The number of nitro groups is 1. The van der Waals surface area contributed by atoms with E-state index in [0.717, 1.165) is 25.7 Å². The van der Waals surface area contributed by atoms with Crippen molar-refractivity contribution in [2.75, 3.05) is 5.32 Å². The van der Waals surface area contributed by atoms with Crippen molar-refractivity contribution in [3.8, 4) is 0 Å². The third-order valence-corrected chi connectivity index (χ3v) is 3.72. The molecule has 0 spiro atoms. The first-order valence-electron chi connectivity index (χ1n) is 6.57. The van der Waals surface area contributed by atoms with E-state index >= 15 is 0 Å². The van der Waals surface area contributed by atoms with E-state index in [0.29, 0.717) is 17.2 Å². The van der Waals surface area contributed by atoms with Crippen molar-refractivity contribution in [1.82, 2.24) is 10.3 Å². The summed E-state index contributed by atoms with van der Waals surface area (Å²) in [5.74, 6) is 0. The van der Waals surface area contributed by atoms with Crippen molar-refractivity contribution in [1.29, 1.82) is 0 Å². The number of aromatic nitrogens is 2. The molecule has 1 aromatic carbocycles. The molecule has 0 radical (unpaired) electrons. The average Bonchev–Trinajstić information content (AvgIpc) is 2.91. The summed E-state index contributed by atoms with van der Waals surface area (Å²) in [4.78, 5) is 10.4. The number of benzene rings is 1. The molecule has 0 aliphatic heterocycles. The number of nitro benzene ring substituents is 1. The van der Waals surface area contributed by atoms with Crippen LogP contribution in [-0.4, -0.2) is 27.3 Å². The second-order valence-corrected chi connectivity index (χ2v) is 5.11. The quantitative estimate of drug-likeness (QED) is 0.648. The van der Waals surface area contributed by atoms with Crippen molar-refractivity contribution in [3.05, 3.63) is 22.2 Å². The van der Waals surface area contributed by atoms with Crippen LogP contribution in [0.25, 0.3) is 11.0 Å². The van der Waals surface area contributed by atoms with Gasteiger partial charge in [-0.15, -0.1) is 0 Å². The minimum Gasteiger partial charge on any atom is -0.380 e. The smallest absolute Gasteiger partial charge is 0.300 e. The summed E-state index contributed by atoms with van der Waals surface area (Å²) in [5, 5.41) is 21.7. The van der Waals surface area contributed by atoms with Gasteiger partial charge in [-0.05, 0) is 42.1 Å². The van der Waals surface area contributed by atoms with E-state index in [9.17, 15) is 10.1 Å². The Morgan fingerprint density at radius 1 is 1.25 bits per heavy atom. The van der Waals surface area contributed by atoms with Crippen molar-refractivity contribution in [2.24, 2.45) is 5.73 Å². The van der Waals surface area contributed by atoms with Crippen LogP contribution in [0.5, 0.6) is 0 Å². The molecular formula is C12H15N5O3. The number of rotatable bonds is 3. The lowest BCUT2D eigenvalue weighted by molar-refractivity contribution is -0.383. The molecule has 0 unspecified atom stereocenters. The van der Waals surface area contributed by atoms with Crippen LogP contribution in [0, 0.1) is 10.1 Å². The largest absolute Gasteiger partial charge is 0.380 e. The van der Waals surface area contributed by atoms with Gasteiger partial charge in [-0.1, -0.05) is 0 Å². The van der Waals surface area contributed by atoms with Crippen LogP contribution in [-0.2, 0) is 0 Å². The number of fused-ring (bicyclic) bond motifs is 1. The molecule has 0 amide bonds. The third kappa shape index (κ3) is 2.29. The Morgan fingerprint density at radius 2 is 1.95 bits per heavy atom. The topological polar surface area (TPSA) is 120 Å². The number of nitrogens with two attached hydrogens (primary N) is 1. The Kier molecular flexibility index (Phi) is 3.23. The summed E-state index contributed by atoms with van der Waals surface area (Å²) in [6, 6.07) is 3.65. The normalized spacial score (nSPS) is 22.9. The second-order valence-electron chi connectivity index (χ2n) is 5.11. The molecule has 1 aliphatic rings. The zero-order chi connectivity index (χ0) is 14.1. The first kappa shape index (κ1) is 12.8. The molecule has 106 valence electrons. The molecule has 0 atom stereocenters. The highest BCUT2D eigenvalue weighted by Gasteiger charge is 2.23. The van der Waals surface area contributed by atoms with E-state index < -0.39 is 4.92 Å². The van der Waals surface area contributed by atoms with Gasteiger partial charge in [0.05, 0.1) is 10.6 Å². The lowest BCUT2D eigenvalue weighted by Crippen LogP contribution is -2.32. The van der Waals surface area contributed by atoms with Crippen LogP contribution in [0.2, 0.25) is 0 Å². The minimum atomic E-state index is -0.490. The Labute approximate surface area is 114 Å². The number of hydrogen-bond acceptors (Lipinski definition) is 7. The SMILES string of the molecule is NC1CCC(Nc2ccc([N+](=O)[O-])c3nonc23)CC1. The molecule has 1 saturated carbocycles. The number of nitrogens with one attached hydrogen (secondary N) is 1. The maximum atomic E-state index is 10.9. The molecular weight excluding hydrogens is 262 g/mol. The molecule has 3 rings (SSSR count). The summed E-state index contributed by atoms with van der Waals surface area (Å²) in [5.41, 5.74) is 7.06. The molecule has 3 N–H and O–H groups in total. The van der Waals surface area contributed by atoms with Crippen LogP contribution in [0.3, 0.4) is 0 Å². The minimum absolute atomic E-state index is 0.0996. The standard InChI is InChI=1S/C12H15N5O3/c13-7-1-3-8(4-2-7)14-9-5-6-10(17(18)19)12-11(9)15-20-16-12/h5-8,14H,1-4,13H2. The third-order valence-electron chi connectivity index (χ3n) is 3.72. The molecule has 1 aromatic heterocycles. The van der Waals surface area contributed by atoms with E-state index in [1.807, 2.05) is 0 Å². The average molecular weight is 277 g/mol. The summed E-state index contributed by atoms with van der Waals surface area (Å²) in [6.07, 6.45) is 3.91. The summed E-state index contributed by atoms with van der Waals surface area (Å²) >= 11 is 0. The Morgan fingerprint density at radius 3 is 2.65 bits per heavy atom. The Hall–Kier alpha value is -2.22. The van der Waals surface area contributed by atoms with Crippen molar-refractivity contribution < 1.29 is 9.55 Å². The van der Waals surface area contributed by atoms with Gasteiger partial charge in [0.15, 0.2) is 5.52 Å². The van der Waals surface area contributed by atoms with Crippen molar-refractivity contribution in [3.63, 3.8) is 0 Å². The maximum absolute atomic E-state index is 10.9. The van der Waals surface area contributed by atoms with E-state index in [4.69, 9.17) is 5.73 Å². The first-order valence-corrected chi connectivity index (χ1v) is 6.57. The van der Waals surface area contributed by atoms with Crippen molar-refractivity contribution in [2.45, 2.75) is 37.8 Å². The number of anilines is 1. The van der Waals surface area contributed by atoms with Crippen LogP contribution in [0.4, 0.5) is 11.4 Å². The van der Waals surface area contributed by atoms with E-state index in [1.54, 1.807) is 6.07 Å². The van der Waals surface area contributed by atoms with Gasteiger partial charge in [0.25, 0.3) is 0 Å². The van der Waals surface area contributed by atoms with E-state index in [2.05, 4.69) is 20.3 Å². The van der Waals surface area contributed by atoms with Crippen LogP contribution in [0.1, 0.15) is 25.7 Å². The highest BCUT2D eigenvalue weighted by molar-refractivity contribution is 5.93. The van der Waals surface area contributed by atoms with Gasteiger partial charge >= 0.3 is 5.69 Å². The molecule has 8 nitrogen and oxygen atoms in total. The van der Waals surface area contributed by atoms with Gasteiger partial charge in [0.1, 0.15) is 0 Å². The Bertz CT molecular complexity index is 633. The fourth-order valence-corrected chi connectivity index (χ4v) is 2.60. The predicted octanol–water partition coefficient (Wildman–Crippen LogP) is 1.81. The van der Waals surface area contributed by atoms with Gasteiger partial charge in [-0.2, -0.15) is 0 Å². The zero-order valence-electron chi connectivity index (χ0n) is 10.8. The van der Waals surface area contributed by atoms with Gasteiger partial charge in [0.2, 0.25) is 5.52 Å². The van der Waals surface area contributed by atoms with E-state index in [-0.39, 0.29) is 17.2 Å². The molecule has 8 heteroatoms. The first-order chi connectivity index (χ1) is 9.65. The molecule has 1 aliphatic carbocycles. The van der Waals surface area contributed by atoms with Gasteiger partial charge in [0, 0.05) is 18.2 Å². The predicted molar refractivity (Wildman–Crippen MR) is 72.3 cm³/mol. The highest BCUT2D eigenvalue weighted by atomic mass is 16.6. The summed E-state index contributed by atoms with van der Waals surface area (Å²) in [6.45, 7) is 0. The second kappa shape index (κ2) is 5.04. The fourth-order valence-electron chi connectivity index (χ4n) is 2.60. The van der Waals surface area contributed by atoms with Crippen LogP contribution < -0.4 is 11.1 Å².